The maximum atomic E-state index is 13.9. The molecule has 0 aliphatic rings. The third kappa shape index (κ3) is 4.42. The number of benzene rings is 1. The molecule has 0 saturated heterocycles. The number of aliphatic carboxylic acids is 1. The maximum Gasteiger partial charge on any atom is 0.303 e. The molecular formula is C13H14ClF3O2. The summed E-state index contributed by atoms with van der Waals surface area (Å²) in [4.78, 5) is 10.3. The Kier molecular flexibility index (Phi) is 5.23. The van der Waals surface area contributed by atoms with Gasteiger partial charge in [-0.3, -0.25) is 4.79 Å². The van der Waals surface area contributed by atoms with E-state index in [9.17, 15) is 18.0 Å². The van der Waals surface area contributed by atoms with Crippen LogP contribution in [0.1, 0.15) is 36.8 Å². The van der Waals surface area contributed by atoms with Gasteiger partial charge in [0.15, 0.2) is 0 Å². The first-order valence-corrected chi connectivity index (χ1v) is 6.17. The Morgan fingerprint density at radius 1 is 1.37 bits per heavy atom. The van der Waals surface area contributed by atoms with Crippen LogP contribution in [0.3, 0.4) is 0 Å². The van der Waals surface area contributed by atoms with Crippen LogP contribution in [0.25, 0.3) is 0 Å². The predicted octanol–water partition coefficient (Wildman–Crippen LogP) is 4.52. The van der Waals surface area contributed by atoms with Crippen LogP contribution >= 0.6 is 11.6 Å². The van der Waals surface area contributed by atoms with Crippen LogP contribution in [0.5, 0.6) is 0 Å². The van der Waals surface area contributed by atoms with Crippen molar-refractivity contribution in [3.05, 3.63) is 34.1 Å². The van der Waals surface area contributed by atoms with Gasteiger partial charge >= 0.3 is 5.97 Å². The molecule has 2 nitrogen and oxygen atoms in total. The predicted molar refractivity (Wildman–Crippen MR) is 66.1 cm³/mol. The summed E-state index contributed by atoms with van der Waals surface area (Å²) < 4.78 is 40.9. The Morgan fingerprint density at radius 2 is 2.00 bits per heavy atom. The van der Waals surface area contributed by atoms with Gasteiger partial charge in [0, 0.05) is 18.4 Å². The Bertz CT molecular complexity index is 475. The van der Waals surface area contributed by atoms with Crippen molar-refractivity contribution in [3.63, 3.8) is 0 Å². The molecule has 0 heterocycles. The molecule has 0 spiro atoms. The quantitative estimate of drug-likeness (QED) is 0.783. The topological polar surface area (TPSA) is 37.3 Å². The molecule has 0 amide bonds. The Hall–Kier alpha value is -1.23. The van der Waals surface area contributed by atoms with E-state index in [1.54, 1.807) is 0 Å². The average Bonchev–Trinajstić information content (AvgIpc) is 2.29. The van der Waals surface area contributed by atoms with Gasteiger partial charge in [0.05, 0.1) is 5.02 Å². The van der Waals surface area contributed by atoms with E-state index in [1.807, 2.05) is 0 Å². The largest absolute Gasteiger partial charge is 0.481 e. The van der Waals surface area contributed by atoms with Gasteiger partial charge in [-0.05, 0) is 37.5 Å². The second kappa shape index (κ2) is 6.28. The number of halogens is 4. The Labute approximate surface area is 114 Å². The fraction of sp³-hybridized carbons (Fsp3) is 0.462. The molecule has 0 aliphatic carbocycles. The first-order valence-electron chi connectivity index (χ1n) is 5.80. The number of unbranched alkanes of at least 4 members (excludes halogenated alkanes) is 1. The minimum atomic E-state index is -3.19. The first kappa shape index (κ1) is 15.8. The lowest BCUT2D eigenvalue weighted by molar-refractivity contribution is -0.137. The molecule has 6 heteroatoms. The van der Waals surface area contributed by atoms with Gasteiger partial charge in [-0.25, -0.2) is 13.2 Å². The van der Waals surface area contributed by atoms with Crippen LogP contribution in [0.2, 0.25) is 5.02 Å². The number of hydrogen-bond donors (Lipinski definition) is 1. The van der Waals surface area contributed by atoms with Gasteiger partial charge in [-0.15, -0.1) is 0 Å². The van der Waals surface area contributed by atoms with Crippen molar-refractivity contribution in [2.24, 2.45) is 0 Å². The number of aryl methyl sites for hydroxylation is 1. The highest BCUT2D eigenvalue weighted by molar-refractivity contribution is 6.31. The Morgan fingerprint density at radius 3 is 2.58 bits per heavy atom. The number of carboxylic acid groups (broad SMARTS) is 1. The SMILES string of the molecule is Cc1cc(C(F)(F)CCCCC(=O)O)c(Cl)cc1F. The van der Waals surface area contributed by atoms with Crippen LogP contribution in [0.4, 0.5) is 13.2 Å². The van der Waals surface area contributed by atoms with E-state index in [-0.39, 0.29) is 29.8 Å². The second-order valence-electron chi connectivity index (χ2n) is 4.39. The lowest BCUT2D eigenvalue weighted by atomic mass is 10.00. The highest BCUT2D eigenvalue weighted by Gasteiger charge is 2.33. The number of hydrogen-bond acceptors (Lipinski definition) is 1. The highest BCUT2D eigenvalue weighted by Crippen LogP contribution is 2.38. The van der Waals surface area contributed by atoms with E-state index in [0.29, 0.717) is 0 Å². The molecule has 0 saturated carbocycles. The molecule has 0 radical (unpaired) electrons. The molecule has 19 heavy (non-hydrogen) atoms. The lowest BCUT2D eigenvalue weighted by Crippen LogP contribution is -2.15. The van der Waals surface area contributed by atoms with E-state index >= 15 is 0 Å². The monoisotopic (exact) mass is 294 g/mol. The summed E-state index contributed by atoms with van der Waals surface area (Å²) in [7, 11) is 0. The van der Waals surface area contributed by atoms with E-state index < -0.39 is 29.7 Å². The summed E-state index contributed by atoms with van der Waals surface area (Å²) in [6, 6.07) is 1.91. The van der Waals surface area contributed by atoms with Crippen molar-refractivity contribution in [3.8, 4) is 0 Å². The summed E-state index contributed by atoms with van der Waals surface area (Å²) in [5.41, 5.74) is -0.312. The van der Waals surface area contributed by atoms with E-state index in [0.717, 1.165) is 12.1 Å². The van der Waals surface area contributed by atoms with E-state index in [2.05, 4.69) is 0 Å². The number of carbonyl (C=O) groups is 1. The van der Waals surface area contributed by atoms with Gasteiger partial charge in [0.25, 0.3) is 5.92 Å². The first-order chi connectivity index (χ1) is 8.74. The summed E-state index contributed by atoms with van der Waals surface area (Å²) in [5, 5.41) is 8.11. The van der Waals surface area contributed by atoms with Crippen LogP contribution < -0.4 is 0 Å². The van der Waals surface area contributed by atoms with Crippen molar-refractivity contribution in [2.75, 3.05) is 0 Å². The van der Waals surface area contributed by atoms with Crippen LogP contribution in [0, 0.1) is 12.7 Å². The number of carboxylic acids is 1. The van der Waals surface area contributed by atoms with Gasteiger partial charge in [-0.2, -0.15) is 0 Å². The van der Waals surface area contributed by atoms with Crippen molar-refractivity contribution in [2.45, 2.75) is 38.5 Å². The maximum absolute atomic E-state index is 13.9. The second-order valence-corrected chi connectivity index (χ2v) is 4.79. The minimum absolute atomic E-state index is 0.0616. The fourth-order valence-electron chi connectivity index (χ4n) is 1.70. The number of rotatable bonds is 6. The standard InChI is InChI=1S/C13H14ClF3O2/c1-8-6-9(10(14)7-11(8)15)13(16,17)5-3-2-4-12(18)19/h6-7H,2-5H2,1H3,(H,18,19). The molecule has 1 rings (SSSR count). The molecule has 106 valence electrons. The van der Waals surface area contributed by atoms with Crippen molar-refractivity contribution < 1.29 is 23.1 Å². The normalized spacial score (nSPS) is 11.6. The molecule has 1 N–H and O–H groups in total. The van der Waals surface area contributed by atoms with Gasteiger partial charge in [0.1, 0.15) is 5.82 Å². The zero-order chi connectivity index (χ0) is 14.6. The third-order valence-corrected chi connectivity index (χ3v) is 3.09. The fourth-order valence-corrected chi connectivity index (χ4v) is 1.98. The smallest absolute Gasteiger partial charge is 0.303 e. The summed E-state index contributed by atoms with van der Waals surface area (Å²) in [6.07, 6.45) is -0.425. The van der Waals surface area contributed by atoms with Crippen molar-refractivity contribution in [1.82, 2.24) is 0 Å². The molecule has 0 aliphatic heterocycles. The van der Waals surface area contributed by atoms with Crippen LogP contribution in [-0.4, -0.2) is 11.1 Å². The van der Waals surface area contributed by atoms with Gasteiger partial charge < -0.3 is 5.11 Å². The molecule has 1 aromatic carbocycles. The summed E-state index contributed by atoms with van der Waals surface area (Å²) in [5.74, 6) is -4.83. The Balaban J connectivity index is 2.76. The number of alkyl halides is 2. The third-order valence-electron chi connectivity index (χ3n) is 2.77. The zero-order valence-electron chi connectivity index (χ0n) is 10.4. The molecule has 0 atom stereocenters. The van der Waals surface area contributed by atoms with Gasteiger partial charge in [0.2, 0.25) is 0 Å². The molecule has 0 unspecified atom stereocenters. The lowest BCUT2D eigenvalue weighted by Gasteiger charge is -2.18. The molecule has 0 aromatic heterocycles. The summed E-state index contributed by atoms with van der Waals surface area (Å²) >= 11 is 5.64. The average molecular weight is 295 g/mol. The van der Waals surface area contributed by atoms with Gasteiger partial charge in [-0.1, -0.05) is 11.6 Å². The van der Waals surface area contributed by atoms with Crippen LogP contribution in [0.15, 0.2) is 12.1 Å². The van der Waals surface area contributed by atoms with Crippen molar-refractivity contribution in [1.29, 1.82) is 0 Å². The van der Waals surface area contributed by atoms with Crippen LogP contribution in [-0.2, 0) is 10.7 Å². The molecule has 0 bridgehead atoms. The summed E-state index contributed by atoms with van der Waals surface area (Å²) in [6.45, 7) is 1.38. The van der Waals surface area contributed by atoms with E-state index in [4.69, 9.17) is 16.7 Å². The highest BCUT2D eigenvalue weighted by atomic mass is 35.5. The molecule has 1 aromatic rings. The van der Waals surface area contributed by atoms with Crippen molar-refractivity contribution >= 4 is 17.6 Å². The minimum Gasteiger partial charge on any atom is -0.481 e. The molecular weight excluding hydrogens is 281 g/mol. The molecule has 0 fully saturated rings. The van der Waals surface area contributed by atoms with E-state index in [1.165, 1.54) is 6.92 Å². The zero-order valence-corrected chi connectivity index (χ0v) is 11.1.